The summed E-state index contributed by atoms with van der Waals surface area (Å²) in [6.07, 6.45) is 1.65. The summed E-state index contributed by atoms with van der Waals surface area (Å²) in [4.78, 5) is 8.98. The van der Waals surface area contributed by atoms with E-state index in [1.54, 1.807) is 6.92 Å². The van der Waals surface area contributed by atoms with Gasteiger partial charge in [0.05, 0.1) is 17.2 Å². The SMILES string of the molecule is CC1=Nc2c(N)nc3ccccc3c2[N+]1(CCc1ccccc1)OS(C)(=O)=O. The van der Waals surface area contributed by atoms with Gasteiger partial charge in [0.1, 0.15) is 6.54 Å². The normalized spacial score (nSPS) is 18.9. The number of quaternary nitrogens is 1. The van der Waals surface area contributed by atoms with Crippen molar-refractivity contribution in [3.8, 4) is 0 Å². The molecule has 2 aromatic carbocycles. The lowest BCUT2D eigenvalue weighted by Crippen LogP contribution is -2.53. The lowest BCUT2D eigenvalue weighted by atomic mass is 10.1. The zero-order chi connectivity index (χ0) is 19.9. The van der Waals surface area contributed by atoms with E-state index < -0.39 is 10.1 Å². The molecule has 2 heterocycles. The van der Waals surface area contributed by atoms with Crippen LogP contribution in [0.1, 0.15) is 12.5 Å². The van der Waals surface area contributed by atoms with E-state index in [9.17, 15) is 8.42 Å². The number of pyridine rings is 1. The van der Waals surface area contributed by atoms with Crippen LogP contribution in [-0.2, 0) is 20.8 Å². The topological polar surface area (TPSA) is 94.6 Å². The fourth-order valence-corrected chi connectivity index (χ4v) is 4.37. The number of anilines is 1. The first-order chi connectivity index (χ1) is 13.3. The number of para-hydroxylation sites is 1. The number of rotatable bonds is 5. The highest BCUT2D eigenvalue weighted by atomic mass is 32.2. The number of amidine groups is 1. The number of fused-ring (bicyclic) bond motifs is 3. The van der Waals surface area contributed by atoms with E-state index in [0.717, 1.165) is 17.2 Å². The molecule has 1 unspecified atom stereocenters. The van der Waals surface area contributed by atoms with Gasteiger partial charge in [-0.25, -0.2) is 4.98 Å². The first kappa shape index (κ1) is 18.5. The quantitative estimate of drug-likeness (QED) is 0.667. The van der Waals surface area contributed by atoms with Crippen molar-refractivity contribution in [3.05, 3.63) is 60.2 Å². The Kier molecular flexibility index (Phi) is 4.41. The molecule has 1 atom stereocenters. The van der Waals surface area contributed by atoms with Crippen molar-refractivity contribution in [2.75, 3.05) is 18.5 Å². The Morgan fingerprint density at radius 2 is 1.75 bits per heavy atom. The molecule has 0 bridgehead atoms. The van der Waals surface area contributed by atoms with Crippen LogP contribution < -0.4 is 10.4 Å². The zero-order valence-corrected chi connectivity index (χ0v) is 16.5. The number of aliphatic imine (C=N–C) groups is 1. The molecule has 3 aromatic rings. The molecule has 0 saturated heterocycles. The lowest BCUT2D eigenvalue weighted by molar-refractivity contribution is 0.0405. The maximum absolute atomic E-state index is 12.2. The molecule has 8 heteroatoms. The van der Waals surface area contributed by atoms with Crippen molar-refractivity contribution in [1.29, 1.82) is 0 Å². The van der Waals surface area contributed by atoms with Crippen molar-refractivity contribution >= 4 is 44.0 Å². The van der Waals surface area contributed by atoms with Gasteiger partial charge in [-0.3, -0.25) is 0 Å². The fourth-order valence-electron chi connectivity index (χ4n) is 3.65. The van der Waals surface area contributed by atoms with Crippen molar-refractivity contribution in [2.24, 2.45) is 4.99 Å². The third kappa shape index (κ3) is 3.15. The Labute approximate surface area is 163 Å². The lowest BCUT2D eigenvalue weighted by Gasteiger charge is -2.30. The van der Waals surface area contributed by atoms with E-state index in [2.05, 4.69) is 9.98 Å². The predicted molar refractivity (Wildman–Crippen MR) is 112 cm³/mol. The van der Waals surface area contributed by atoms with Crippen LogP contribution >= 0.6 is 0 Å². The number of hydroxylamine groups is 2. The molecule has 4 rings (SSSR count). The molecule has 28 heavy (non-hydrogen) atoms. The highest BCUT2D eigenvalue weighted by Crippen LogP contribution is 2.48. The van der Waals surface area contributed by atoms with E-state index in [1.807, 2.05) is 54.6 Å². The van der Waals surface area contributed by atoms with Crippen molar-refractivity contribution in [1.82, 2.24) is 9.63 Å². The van der Waals surface area contributed by atoms with E-state index >= 15 is 0 Å². The molecule has 0 aliphatic carbocycles. The van der Waals surface area contributed by atoms with E-state index in [1.165, 1.54) is 0 Å². The molecular weight excluding hydrogens is 376 g/mol. The first-order valence-corrected chi connectivity index (χ1v) is 10.7. The molecule has 0 radical (unpaired) electrons. The van der Waals surface area contributed by atoms with Gasteiger partial charge >= 0.3 is 10.1 Å². The molecule has 1 aromatic heterocycles. The summed E-state index contributed by atoms with van der Waals surface area (Å²) >= 11 is 0. The van der Waals surface area contributed by atoms with Gasteiger partial charge in [0.15, 0.2) is 11.5 Å². The van der Waals surface area contributed by atoms with Crippen LogP contribution in [0.2, 0.25) is 0 Å². The minimum atomic E-state index is -3.80. The average molecular weight is 397 g/mol. The second kappa shape index (κ2) is 6.66. The minimum absolute atomic E-state index is 0.255. The summed E-state index contributed by atoms with van der Waals surface area (Å²) in [5.41, 5.74) is 8.98. The van der Waals surface area contributed by atoms with Gasteiger partial charge in [-0.2, -0.15) is 13.4 Å². The van der Waals surface area contributed by atoms with Crippen LogP contribution in [-0.4, -0.2) is 32.0 Å². The third-order valence-electron chi connectivity index (χ3n) is 4.85. The molecule has 0 spiro atoms. The Morgan fingerprint density at radius 1 is 1.07 bits per heavy atom. The first-order valence-electron chi connectivity index (χ1n) is 8.88. The number of aromatic nitrogens is 1. The number of nitrogens with zero attached hydrogens (tertiary/aromatic N) is 3. The van der Waals surface area contributed by atoms with E-state index in [4.69, 9.17) is 10.0 Å². The maximum Gasteiger partial charge on any atom is 0.312 e. The molecule has 0 amide bonds. The Morgan fingerprint density at radius 3 is 2.46 bits per heavy atom. The number of benzene rings is 2. The fraction of sp³-hybridized carbons (Fsp3) is 0.200. The van der Waals surface area contributed by atoms with Gasteiger partial charge in [-0.05, 0) is 17.7 Å². The number of nitrogens with two attached hydrogens (primary N) is 1. The highest BCUT2D eigenvalue weighted by Gasteiger charge is 2.49. The van der Waals surface area contributed by atoms with Crippen LogP contribution in [0.15, 0.2) is 59.6 Å². The molecule has 144 valence electrons. The second-order valence-corrected chi connectivity index (χ2v) is 8.41. The van der Waals surface area contributed by atoms with E-state index in [0.29, 0.717) is 35.7 Å². The third-order valence-corrected chi connectivity index (χ3v) is 5.37. The van der Waals surface area contributed by atoms with Crippen LogP contribution in [0.4, 0.5) is 17.2 Å². The van der Waals surface area contributed by atoms with Crippen LogP contribution in [0.25, 0.3) is 10.9 Å². The van der Waals surface area contributed by atoms with Crippen LogP contribution in [0, 0.1) is 0 Å². The van der Waals surface area contributed by atoms with Gasteiger partial charge in [-0.1, -0.05) is 51.4 Å². The number of hydrogen-bond donors (Lipinski definition) is 1. The average Bonchev–Trinajstić information content (AvgIpc) is 2.93. The zero-order valence-electron chi connectivity index (χ0n) is 15.7. The summed E-state index contributed by atoms with van der Waals surface area (Å²) in [7, 11) is -3.80. The Balaban J connectivity index is 1.93. The summed E-state index contributed by atoms with van der Waals surface area (Å²) in [6, 6.07) is 17.3. The Hall–Kier alpha value is -2.81. The van der Waals surface area contributed by atoms with Gasteiger partial charge in [0, 0.05) is 13.3 Å². The number of hydrogen-bond acceptors (Lipinski definition) is 6. The molecule has 1 aliphatic rings. The van der Waals surface area contributed by atoms with Crippen LogP contribution in [0.5, 0.6) is 0 Å². The second-order valence-electron chi connectivity index (χ2n) is 6.85. The summed E-state index contributed by atoms with van der Waals surface area (Å²) in [6.45, 7) is 2.11. The summed E-state index contributed by atoms with van der Waals surface area (Å²) in [5.74, 6) is 0.756. The monoisotopic (exact) mass is 397 g/mol. The van der Waals surface area contributed by atoms with E-state index in [-0.39, 0.29) is 10.5 Å². The molecule has 0 fully saturated rings. The van der Waals surface area contributed by atoms with Gasteiger partial charge in [0.2, 0.25) is 11.5 Å². The largest absolute Gasteiger partial charge is 0.382 e. The van der Waals surface area contributed by atoms with Gasteiger partial charge in [-0.15, -0.1) is 0 Å². The predicted octanol–water partition coefficient (Wildman–Crippen LogP) is 3.32. The van der Waals surface area contributed by atoms with Crippen LogP contribution in [0.3, 0.4) is 0 Å². The molecular formula is C20H21N4O3S+. The number of nitrogen functional groups attached to an aromatic ring is 1. The smallest absolute Gasteiger partial charge is 0.312 e. The van der Waals surface area contributed by atoms with Crippen molar-refractivity contribution in [2.45, 2.75) is 13.3 Å². The molecule has 0 saturated carbocycles. The molecule has 1 aliphatic heterocycles. The molecule has 7 nitrogen and oxygen atoms in total. The minimum Gasteiger partial charge on any atom is -0.382 e. The highest BCUT2D eigenvalue weighted by molar-refractivity contribution is 7.86. The van der Waals surface area contributed by atoms with Gasteiger partial charge in [0.25, 0.3) is 0 Å². The van der Waals surface area contributed by atoms with Crippen molar-refractivity contribution in [3.63, 3.8) is 0 Å². The standard InChI is InChI=1S/C20H21N4O3S/c1-14-22-18-19(16-10-6-7-11-17(16)23-20(18)21)24(14,27-28(2,25)26)13-12-15-8-4-3-5-9-15/h3-11H,12-13H2,1-2H3,(H2,21,23)/q+1. The van der Waals surface area contributed by atoms with Crippen molar-refractivity contribution < 1.29 is 12.7 Å². The van der Waals surface area contributed by atoms with Gasteiger partial charge < -0.3 is 5.73 Å². The maximum atomic E-state index is 12.2. The Bertz CT molecular complexity index is 1190. The molecule has 2 N–H and O–H groups in total. The summed E-state index contributed by atoms with van der Waals surface area (Å²) < 4.78 is 29.8. The summed E-state index contributed by atoms with van der Waals surface area (Å²) in [5, 5.41) is 0.768.